The van der Waals surface area contributed by atoms with Crippen LogP contribution < -0.4 is 0 Å². The molecule has 0 spiro atoms. The summed E-state index contributed by atoms with van der Waals surface area (Å²) in [5.74, 6) is 4.41. The molecule has 0 heteroatoms. The topological polar surface area (TPSA) is 0 Å². The van der Waals surface area contributed by atoms with Crippen molar-refractivity contribution in [3.8, 4) is 0 Å². The molecule has 0 aliphatic heterocycles. The van der Waals surface area contributed by atoms with Crippen molar-refractivity contribution in [1.29, 1.82) is 0 Å². The van der Waals surface area contributed by atoms with E-state index in [1.807, 2.05) is 0 Å². The van der Waals surface area contributed by atoms with Gasteiger partial charge in [0.05, 0.1) is 0 Å². The quantitative estimate of drug-likeness (QED) is 0.515. The lowest BCUT2D eigenvalue weighted by Crippen LogP contribution is -2.51. The Kier molecular flexibility index (Phi) is 2.84. The number of hydrogen-bond donors (Lipinski definition) is 0. The van der Waals surface area contributed by atoms with Gasteiger partial charge in [0.25, 0.3) is 0 Å². The van der Waals surface area contributed by atoms with E-state index < -0.39 is 0 Å². The molecule has 0 N–H and O–H groups in total. The molecule has 0 aromatic carbocycles. The standard InChI is InChI=1S/C19H32/c1-18-11-5-7-16(18)15-9-8-14-6-3-4-12-19(14,2)17(15)10-13-18/h14-17H,3-13H2,1-2H3/t14?,15-,16-,17-,18-,19+/m0/s1. The highest BCUT2D eigenvalue weighted by Crippen LogP contribution is 2.66. The van der Waals surface area contributed by atoms with Gasteiger partial charge in [0.15, 0.2) is 0 Å². The summed E-state index contributed by atoms with van der Waals surface area (Å²) in [6, 6.07) is 0. The normalized spacial score (nSPS) is 57.2. The Hall–Kier alpha value is 0. The summed E-state index contributed by atoms with van der Waals surface area (Å²) in [6.07, 6.45) is 17.1. The molecule has 4 saturated carbocycles. The molecule has 19 heavy (non-hydrogen) atoms. The van der Waals surface area contributed by atoms with Crippen molar-refractivity contribution in [1.82, 2.24) is 0 Å². The van der Waals surface area contributed by atoms with Gasteiger partial charge in [-0.3, -0.25) is 0 Å². The molecule has 0 bridgehead atoms. The average Bonchev–Trinajstić information content (AvgIpc) is 2.79. The molecular formula is C19H32. The molecule has 0 aromatic heterocycles. The maximum absolute atomic E-state index is 2.70. The van der Waals surface area contributed by atoms with E-state index in [1.165, 1.54) is 19.3 Å². The van der Waals surface area contributed by atoms with E-state index in [0.717, 1.165) is 34.5 Å². The molecule has 0 radical (unpaired) electrons. The molecule has 6 atom stereocenters. The predicted octanol–water partition coefficient (Wildman–Crippen LogP) is 5.81. The third kappa shape index (κ3) is 1.70. The third-order valence-corrected chi connectivity index (χ3v) is 8.36. The van der Waals surface area contributed by atoms with Crippen LogP contribution in [0.2, 0.25) is 0 Å². The Bertz CT molecular complexity index is 359. The van der Waals surface area contributed by atoms with E-state index in [4.69, 9.17) is 0 Å². The second-order valence-electron chi connectivity index (χ2n) is 8.99. The van der Waals surface area contributed by atoms with Gasteiger partial charge in [-0.2, -0.15) is 0 Å². The highest BCUT2D eigenvalue weighted by molar-refractivity contribution is 5.06. The molecule has 0 nitrogen and oxygen atoms in total. The van der Waals surface area contributed by atoms with Crippen molar-refractivity contribution in [3.63, 3.8) is 0 Å². The Labute approximate surface area is 119 Å². The van der Waals surface area contributed by atoms with Crippen molar-refractivity contribution in [3.05, 3.63) is 0 Å². The average molecular weight is 260 g/mol. The van der Waals surface area contributed by atoms with E-state index in [-0.39, 0.29) is 0 Å². The minimum absolute atomic E-state index is 0.741. The van der Waals surface area contributed by atoms with Crippen LogP contribution in [0.5, 0.6) is 0 Å². The Morgan fingerprint density at radius 1 is 0.684 bits per heavy atom. The van der Waals surface area contributed by atoms with E-state index in [9.17, 15) is 0 Å². The first-order valence-corrected chi connectivity index (χ1v) is 9.13. The lowest BCUT2D eigenvalue weighted by molar-refractivity contribution is -0.103. The van der Waals surface area contributed by atoms with Crippen LogP contribution in [0.1, 0.15) is 84.5 Å². The van der Waals surface area contributed by atoms with Gasteiger partial charge in [0, 0.05) is 0 Å². The van der Waals surface area contributed by atoms with Gasteiger partial charge < -0.3 is 0 Å². The SMILES string of the molecule is C[C@@]12CCC[C@H]1[C@@H]1CCC3CCCC[C@@]3(C)[C@H]1CC2. The Morgan fingerprint density at radius 3 is 2.47 bits per heavy atom. The van der Waals surface area contributed by atoms with E-state index in [0.29, 0.717) is 0 Å². The first-order valence-electron chi connectivity index (χ1n) is 9.13. The molecule has 108 valence electrons. The summed E-state index contributed by atoms with van der Waals surface area (Å²) in [4.78, 5) is 0. The van der Waals surface area contributed by atoms with Crippen LogP contribution >= 0.6 is 0 Å². The van der Waals surface area contributed by atoms with Crippen LogP contribution in [-0.4, -0.2) is 0 Å². The molecule has 4 aliphatic carbocycles. The van der Waals surface area contributed by atoms with E-state index in [2.05, 4.69) is 13.8 Å². The summed E-state index contributed by atoms with van der Waals surface area (Å²) < 4.78 is 0. The fourth-order valence-corrected chi connectivity index (χ4v) is 7.29. The van der Waals surface area contributed by atoms with Crippen LogP contribution in [0, 0.1) is 34.5 Å². The van der Waals surface area contributed by atoms with Gasteiger partial charge in [-0.15, -0.1) is 0 Å². The minimum Gasteiger partial charge on any atom is -0.0594 e. The molecule has 4 rings (SSSR count). The fraction of sp³-hybridized carbons (Fsp3) is 1.00. The number of hydrogen-bond acceptors (Lipinski definition) is 0. The summed E-state index contributed by atoms with van der Waals surface area (Å²) in [6.45, 7) is 5.33. The van der Waals surface area contributed by atoms with Crippen LogP contribution in [-0.2, 0) is 0 Å². The van der Waals surface area contributed by atoms with Gasteiger partial charge in [-0.25, -0.2) is 0 Å². The summed E-state index contributed by atoms with van der Waals surface area (Å²) in [7, 11) is 0. The first-order chi connectivity index (χ1) is 9.13. The molecular weight excluding hydrogens is 228 g/mol. The zero-order chi connectivity index (χ0) is 13.1. The second-order valence-corrected chi connectivity index (χ2v) is 8.99. The lowest BCUT2D eigenvalue weighted by Gasteiger charge is -2.60. The van der Waals surface area contributed by atoms with E-state index >= 15 is 0 Å². The largest absolute Gasteiger partial charge is 0.0594 e. The second kappa shape index (κ2) is 4.25. The van der Waals surface area contributed by atoms with E-state index in [1.54, 1.807) is 51.4 Å². The first kappa shape index (κ1) is 12.7. The molecule has 0 aromatic rings. The monoisotopic (exact) mass is 260 g/mol. The lowest BCUT2D eigenvalue weighted by atomic mass is 9.45. The van der Waals surface area contributed by atoms with Crippen molar-refractivity contribution in [2.75, 3.05) is 0 Å². The van der Waals surface area contributed by atoms with Gasteiger partial charge in [-0.05, 0) is 85.9 Å². The summed E-state index contributed by atoms with van der Waals surface area (Å²) >= 11 is 0. The molecule has 0 amide bonds. The molecule has 0 saturated heterocycles. The maximum atomic E-state index is 2.70. The predicted molar refractivity (Wildman–Crippen MR) is 81.0 cm³/mol. The van der Waals surface area contributed by atoms with Gasteiger partial charge in [0.2, 0.25) is 0 Å². The van der Waals surface area contributed by atoms with Crippen molar-refractivity contribution in [2.24, 2.45) is 34.5 Å². The minimum atomic E-state index is 0.741. The third-order valence-electron chi connectivity index (χ3n) is 8.36. The Balaban J connectivity index is 1.64. The van der Waals surface area contributed by atoms with Crippen molar-refractivity contribution >= 4 is 0 Å². The molecule has 4 aliphatic rings. The van der Waals surface area contributed by atoms with Crippen LogP contribution in [0.15, 0.2) is 0 Å². The van der Waals surface area contributed by atoms with Crippen LogP contribution in [0.4, 0.5) is 0 Å². The maximum Gasteiger partial charge on any atom is -0.0266 e. The van der Waals surface area contributed by atoms with Crippen LogP contribution in [0.25, 0.3) is 0 Å². The molecule has 0 heterocycles. The van der Waals surface area contributed by atoms with Gasteiger partial charge >= 0.3 is 0 Å². The zero-order valence-corrected chi connectivity index (χ0v) is 13.1. The van der Waals surface area contributed by atoms with Gasteiger partial charge in [-0.1, -0.05) is 33.1 Å². The fourth-order valence-electron chi connectivity index (χ4n) is 7.29. The summed E-state index contributed by atoms with van der Waals surface area (Å²) in [5.41, 5.74) is 1.49. The Morgan fingerprint density at radius 2 is 1.58 bits per heavy atom. The smallest absolute Gasteiger partial charge is 0.0266 e. The highest BCUT2D eigenvalue weighted by Gasteiger charge is 2.56. The highest BCUT2D eigenvalue weighted by atomic mass is 14.6. The van der Waals surface area contributed by atoms with Gasteiger partial charge in [0.1, 0.15) is 0 Å². The van der Waals surface area contributed by atoms with Crippen molar-refractivity contribution in [2.45, 2.75) is 84.5 Å². The number of fused-ring (bicyclic) bond motifs is 5. The zero-order valence-electron chi connectivity index (χ0n) is 13.1. The summed E-state index contributed by atoms with van der Waals surface area (Å²) in [5, 5.41) is 0. The van der Waals surface area contributed by atoms with Crippen molar-refractivity contribution < 1.29 is 0 Å². The van der Waals surface area contributed by atoms with Crippen LogP contribution in [0.3, 0.4) is 0 Å². The molecule has 1 unspecified atom stereocenters. The number of rotatable bonds is 0. The molecule has 4 fully saturated rings.